The van der Waals surface area contributed by atoms with Crippen molar-refractivity contribution in [2.75, 3.05) is 7.11 Å². The van der Waals surface area contributed by atoms with E-state index in [0.29, 0.717) is 17.9 Å². The predicted octanol–water partition coefficient (Wildman–Crippen LogP) is 3.82. The van der Waals surface area contributed by atoms with Crippen molar-refractivity contribution in [3.8, 4) is 5.75 Å². The molecule has 2 rings (SSSR count). The molecule has 0 aromatic heterocycles. The van der Waals surface area contributed by atoms with Crippen LogP contribution in [0.15, 0.2) is 42.5 Å². The Morgan fingerprint density at radius 2 is 1.80 bits per heavy atom. The van der Waals surface area contributed by atoms with E-state index in [1.807, 2.05) is 6.92 Å². The molecule has 0 unspecified atom stereocenters. The van der Waals surface area contributed by atoms with E-state index >= 15 is 0 Å². The summed E-state index contributed by atoms with van der Waals surface area (Å²) in [4.78, 5) is 0. The normalized spacial score (nSPS) is 12.2. The third kappa shape index (κ3) is 3.54. The largest absolute Gasteiger partial charge is 0.497 e. The molecule has 2 nitrogen and oxygen atoms in total. The SMILES string of the molecule is COc1ccc(CN[C@@H](C)c2ccc(F)cc2)c(F)c1. The van der Waals surface area contributed by atoms with Gasteiger partial charge in [-0.15, -0.1) is 0 Å². The van der Waals surface area contributed by atoms with Crippen molar-refractivity contribution in [2.45, 2.75) is 19.5 Å². The van der Waals surface area contributed by atoms with Gasteiger partial charge in [-0.3, -0.25) is 0 Å². The van der Waals surface area contributed by atoms with Gasteiger partial charge in [-0.1, -0.05) is 18.2 Å². The van der Waals surface area contributed by atoms with E-state index in [1.165, 1.54) is 25.3 Å². The molecule has 0 aliphatic carbocycles. The topological polar surface area (TPSA) is 21.3 Å². The van der Waals surface area contributed by atoms with Gasteiger partial charge in [0.2, 0.25) is 0 Å². The molecule has 0 spiro atoms. The monoisotopic (exact) mass is 277 g/mol. The Hall–Kier alpha value is -1.94. The molecule has 0 radical (unpaired) electrons. The van der Waals surface area contributed by atoms with Crippen LogP contribution in [0.1, 0.15) is 24.1 Å². The van der Waals surface area contributed by atoms with E-state index in [9.17, 15) is 8.78 Å². The van der Waals surface area contributed by atoms with Gasteiger partial charge in [0.1, 0.15) is 17.4 Å². The Morgan fingerprint density at radius 1 is 1.10 bits per heavy atom. The van der Waals surface area contributed by atoms with Gasteiger partial charge in [-0.25, -0.2) is 8.78 Å². The summed E-state index contributed by atoms with van der Waals surface area (Å²) < 4.78 is 31.6. The first-order valence-corrected chi connectivity index (χ1v) is 6.41. The lowest BCUT2D eigenvalue weighted by atomic mass is 10.1. The molecular weight excluding hydrogens is 260 g/mol. The second-order valence-corrected chi connectivity index (χ2v) is 4.61. The van der Waals surface area contributed by atoms with Gasteiger partial charge in [-0.05, 0) is 30.7 Å². The van der Waals surface area contributed by atoms with E-state index in [-0.39, 0.29) is 17.7 Å². The molecule has 0 aliphatic rings. The highest BCUT2D eigenvalue weighted by Gasteiger charge is 2.08. The Kier molecular flexibility index (Phi) is 4.69. The minimum atomic E-state index is -0.303. The molecule has 106 valence electrons. The van der Waals surface area contributed by atoms with Crippen LogP contribution in [-0.4, -0.2) is 7.11 Å². The van der Waals surface area contributed by atoms with E-state index in [4.69, 9.17) is 4.74 Å². The molecule has 20 heavy (non-hydrogen) atoms. The van der Waals surface area contributed by atoms with Crippen LogP contribution in [0, 0.1) is 11.6 Å². The summed E-state index contributed by atoms with van der Waals surface area (Å²) in [5, 5.41) is 3.21. The number of hydrogen-bond acceptors (Lipinski definition) is 2. The summed E-state index contributed by atoms with van der Waals surface area (Å²) in [6, 6.07) is 11.1. The first kappa shape index (κ1) is 14.5. The fourth-order valence-corrected chi connectivity index (χ4v) is 1.93. The summed E-state index contributed by atoms with van der Waals surface area (Å²) in [6.07, 6.45) is 0. The van der Waals surface area contributed by atoms with E-state index in [2.05, 4.69) is 5.32 Å². The lowest BCUT2D eigenvalue weighted by Gasteiger charge is -2.15. The minimum absolute atomic E-state index is 0.0112. The molecule has 4 heteroatoms. The number of rotatable bonds is 5. The highest BCUT2D eigenvalue weighted by molar-refractivity contribution is 5.29. The summed E-state index contributed by atoms with van der Waals surface area (Å²) >= 11 is 0. The fraction of sp³-hybridized carbons (Fsp3) is 0.250. The molecule has 0 amide bonds. The van der Waals surface area contributed by atoms with Crippen LogP contribution in [0.25, 0.3) is 0 Å². The summed E-state index contributed by atoms with van der Waals surface area (Å²) in [7, 11) is 1.50. The zero-order valence-electron chi connectivity index (χ0n) is 11.5. The van der Waals surface area contributed by atoms with Crippen molar-refractivity contribution >= 4 is 0 Å². The lowest BCUT2D eigenvalue weighted by molar-refractivity contribution is 0.410. The number of hydrogen-bond donors (Lipinski definition) is 1. The van der Waals surface area contributed by atoms with Gasteiger partial charge in [0.25, 0.3) is 0 Å². The number of halogens is 2. The van der Waals surface area contributed by atoms with Gasteiger partial charge in [0.15, 0.2) is 0 Å². The van der Waals surface area contributed by atoms with E-state index in [1.54, 1.807) is 24.3 Å². The number of nitrogens with one attached hydrogen (secondary N) is 1. The quantitative estimate of drug-likeness (QED) is 0.897. The van der Waals surface area contributed by atoms with Crippen molar-refractivity contribution in [3.63, 3.8) is 0 Å². The van der Waals surface area contributed by atoms with Crippen LogP contribution in [0.3, 0.4) is 0 Å². The predicted molar refractivity (Wildman–Crippen MR) is 74.6 cm³/mol. The van der Waals surface area contributed by atoms with Gasteiger partial charge >= 0.3 is 0 Å². The van der Waals surface area contributed by atoms with Gasteiger partial charge in [-0.2, -0.15) is 0 Å². The highest BCUT2D eigenvalue weighted by Crippen LogP contribution is 2.18. The third-order valence-electron chi connectivity index (χ3n) is 3.23. The fourth-order valence-electron chi connectivity index (χ4n) is 1.93. The molecule has 1 atom stereocenters. The van der Waals surface area contributed by atoms with Crippen molar-refractivity contribution in [2.24, 2.45) is 0 Å². The molecule has 0 fully saturated rings. The maximum absolute atomic E-state index is 13.8. The van der Waals surface area contributed by atoms with Crippen LogP contribution < -0.4 is 10.1 Å². The van der Waals surface area contributed by atoms with Gasteiger partial charge < -0.3 is 10.1 Å². The van der Waals surface area contributed by atoms with Crippen LogP contribution >= 0.6 is 0 Å². The van der Waals surface area contributed by atoms with E-state index in [0.717, 1.165) is 5.56 Å². The standard InChI is InChI=1S/C16H17F2NO/c1-11(12-3-6-14(17)7-4-12)19-10-13-5-8-15(20-2)9-16(13)18/h3-9,11,19H,10H2,1-2H3/t11-/m0/s1. The van der Waals surface area contributed by atoms with E-state index < -0.39 is 0 Å². The molecule has 1 N–H and O–H groups in total. The number of ether oxygens (including phenoxy) is 1. The second kappa shape index (κ2) is 6.48. The molecule has 0 aliphatic heterocycles. The highest BCUT2D eigenvalue weighted by atomic mass is 19.1. The van der Waals surface area contributed by atoms with Crippen molar-refractivity contribution in [3.05, 3.63) is 65.2 Å². The van der Waals surface area contributed by atoms with Crippen LogP contribution in [0.5, 0.6) is 5.75 Å². The Balaban J connectivity index is 1.99. The van der Waals surface area contributed by atoms with Crippen LogP contribution in [-0.2, 0) is 6.54 Å². The molecule has 0 bridgehead atoms. The maximum Gasteiger partial charge on any atom is 0.131 e. The zero-order chi connectivity index (χ0) is 14.5. The van der Waals surface area contributed by atoms with Crippen LogP contribution in [0.4, 0.5) is 8.78 Å². The Morgan fingerprint density at radius 3 is 2.40 bits per heavy atom. The third-order valence-corrected chi connectivity index (χ3v) is 3.23. The maximum atomic E-state index is 13.8. The number of methoxy groups -OCH3 is 1. The smallest absolute Gasteiger partial charge is 0.131 e. The van der Waals surface area contributed by atoms with Crippen molar-refractivity contribution < 1.29 is 13.5 Å². The van der Waals surface area contributed by atoms with Gasteiger partial charge in [0.05, 0.1) is 7.11 Å². The summed E-state index contributed by atoms with van der Waals surface area (Å²) in [5.41, 5.74) is 1.53. The Labute approximate surface area is 117 Å². The van der Waals surface area contributed by atoms with Crippen LogP contribution in [0.2, 0.25) is 0 Å². The molecule has 0 heterocycles. The summed E-state index contributed by atoms with van der Waals surface area (Å²) in [5.74, 6) is -0.0665. The molecule has 2 aromatic carbocycles. The zero-order valence-corrected chi connectivity index (χ0v) is 11.5. The second-order valence-electron chi connectivity index (χ2n) is 4.61. The first-order chi connectivity index (χ1) is 9.60. The molecular formula is C16H17F2NO. The molecule has 0 saturated heterocycles. The lowest BCUT2D eigenvalue weighted by Crippen LogP contribution is -2.18. The minimum Gasteiger partial charge on any atom is -0.497 e. The van der Waals surface area contributed by atoms with Crippen molar-refractivity contribution in [1.82, 2.24) is 5.32 Å². The number of benzene rings is 2. The summed E-state index contributed by atoms with van der Waals surface area (Å²) in [6.45, 7) is 2.35. The average molecular weight is 277 g/mol. The molecule has 2 aromatic rings. The average Bonchev–Trinajstić information content (AvgIpc) is 2.46. The first-order valence-electron chi connectivity index (χ1n) is 6.41. The Bertz CT molecular complexity index is 569. The van der Waals surface area contributed by atoms with Crippen molar-refractivity contribution in [1.29, 1.82) is 0 Å². The van der Waals surface area contributed by atoms with Gasteiger partial charge in [0, 0.05) is 24.2 Å². The molecule has 0 saturated carbocycles.